The molecule has 2 atom stereocenters. The second-order valence-corrected chi connectivity index (χ2v) is 9.15. The van der Waals surface area contributed by atoms with Crippen LogP contribution in [0.2, 0.25) is 10.0 Å². The van der Waals surface area contributed by atoms with Crippen molar-refractivity contribution < 1.29 is 9.59 Å². The van der Waals surface area contributed by atoms with Gasteiger partial charge in [-0.15, -0.1) is 0 Å². The maximum absolute atomic E-state index is 13.6. The Balaban J connectivity index is 1.85. The highest BCUT2D eigenvalue weighted by Gasteiger charge is 2.44. The van der Waals surface area contributed by atoms with E-state index in [9.17, 15) is 9.59 Å². The molecule has 1 saturated heterocycles. The van der Waals surface area contributed by atoms with Gasteiger partial charge in [-0.2, -0.15) is 5.26 Å². The van der Waals surface area contributed by atoms with Crippen molar-refractivity contribution in [1.29, 1.82) is 5.26 Å². The number of hydrogen-bond acceptors (Lipinski definition) is 4. The first-order valence-corrected chi connectivity index (χ1v) is 10.9. The molecule has 2 aliphatic heterocycles. The molecule has 2 amide bonds. The summed E-state index contributed by atoms with van der Waals surface area (Å²) < 4.78 is 0. The molecule has 0 N–H and O–H groups in total. The van der Waals surface area contributed by atoms with Crippen LogP contribution in [0.5, 0.6) is 0 Å². The van der Waals surface area contributed by atoms with Gasteiger partial charge in [0.1, 0.15) is 5.70 Å². The van der Waals surface area contributed by atoms with E-state index < -0.39 is 5.91 Å². The molecule has 2 unspecified atom stereocenters. The van der Waals surface area contributed by atoms with Gasteiger partial charge in [0.2, 0.25) is 0 Å². The fraction of sp³-hybridized carbons (Fsp3) is 0.292. The summed E-state index contributed by atoms with van der Waals surface area (Å²) in [6.45, 7) is 5.68. The van der Waals surface area contributed by atoms with Crippen LogP contribution in [-0.2, 0) is 9.59 Å². The molecule has 4 rings (SSSR count). The van der Waals surface area contributed by atoms with Gasteiger partial charge in [-0.3, -0.25) is 9.59 Å². The van der Waals surface area contributed by atoms with Gasteiger partial charge in [-0.05, 0) is 54.7 Å². The first-order valence-electron chi connectivity index (χ1n) is 10.1. The summed E-state index contributed by atoms with van der Waals surface area (Å²) in [5.74, 6) is -0.0214. The third kappa shape index (κ3) is 3.94. The average molecular weight is 454 g/mol. The van der Waals surface area contributed by atoms with Gasteiger partial charge < -0.3 is 4.90 Å². The molecule has 2 heterocycles. The van der Waals surface area contributed by atoms with E-state index in [1.807, 2.05) is 11.0 Å². The van der Waals surface area contributed by atoms with Crippen LogP contribution in [0.1, 0.15) is 31.4 Å². The number of imide groups is 1. The minimum atomic E-state index is -0.431. The molecule has 0 aromatic heterocycles. The van der Waals surface area contributed by atoms with Crippen molar-refractivity contribution in [2.24, 2.45) is 11.8 Å². The molecule has 0 bridgehead atoms. The summed E-state index contributed by atoms with van der Waals surface area (Å²) >= 11 is 12.5. The topological polar surface area (TPSA) is 64.4 Å². The Morgan fingerprint density at radius 2 is 1.61 bits per heavy atom. The highest BCUT2D eigenvalue weighted by molar-refractivity contribution is 6.47. The monoisotopic (exact) mass is 453 g/mol. The second kappa shape index (κ2) is 8.37. The third-order valence-corrected chi connectivity index (χ3v) is 6.25. The lowest BCUT2D eigenvalue weighted by Crippen LogP contribution is -2.42. The summed E-state index contributed by atoms with van der Waals surface area (Å²) in [6.07, 6.45) is 1.07. The molecule has 158 valence electrons. The van der Waals surface area contributed by atoms with Crippen molar-refractivity contribution >= 4 is 46.3 Å². The number of benzene rings is 2. The van der Waals surface area contributed by atoms with Crippen molar-refractivity contribution in [2.75, 3.05) is 18.0 Å². The molecule has 0 radical (unpaired) electrons. The number of likely N-dealkylation sites (tertiary alicyclic amines) is 1. The molecular weight excluding hydrogens is 433 g/mol. The van der Waals surface area contributed by atoms with Gasteiger partial charge in [0.05, 0.1) is 27.9 Å². The number of piperidine rings is 1. The lowest BCUT2D eigenvalue weighted by Gasteiger charge is -2.37. The predicted molar refractivity (Wildman–Crippen MR) is 122 cm³/mol. The van der Waals surface area contributed by atoms with Crippen LogP contribution in [0.3, 0.4) is 0 Å². The second-order valence-electron chi connectivity index (χ2n) is 8.30. The third-order valence-electron chi connectivity index (χ3n) is 5.70. The van der Waals surface area contributed by atoms with Crippen LogP contribution >= 0.6 is 23.2 Å². The van der Waals surface area contributed by atoms with Crippen LogP contribution in [0, 0.1) is 23.2 Å². The quantitative estimate of drug-likeness (QED) is 0.604. The standard InChI is InChI=1S/C24H21Cl2N3O2/c1-14-9-15(2)13-28(12-14)22-21(19-8-5-17(25)10-20(19)26)23(30)29(24(22)31)18-6-3-16(11-27)4-7-18/h3-8,10,14-15H,9,12-13H2,1-2H3. The highest BCUT2D eigenvalue weighted by Crippen LogP contribution is 2.39. The smallest absolute Gasteiger partial charge is 0.282 e. The maximum Gasteiger partial charge on any atom is 0.282 e. The van der Waals surface area contributed by atoms with E-state index in [1.54, 1.807) is 42.5 Å². The number of hydrogen-bond donors (Lipinski definition) is 0. The van der Waals surface area contributed by atoms with Gasteiger partial charge >= 0.3 is 0 Å². The average Bonchev–Trinajstić information content (AvgIpc) is 2.97. The summed E-state index contributed by atoms with van der Waals surface area (Å²) in [5.41, 5.74) is 2.02. The Morgan fingerprint density at radius 3 is 2.19 bits per heavy atom. The number of amides is 2. The first kappa shape index (κ1) is 21.4. The molecule has 2 aliphatic rings. The maximum atomic E-state index is 13.6. The molecule has 31 heavy (non-hydrogen) atoms. The van der Waals surface area contributed by atoms with Gasteiger partial charge in [-0.25, -0.2) is 4.90 Å². The first-order chi connectivity index (χ1) is 14.8. The summed E-state index contributed by atoms with van der Waals surface area (Å²) in [7, 11) is 0. The lowest BCUT2D eigenvalue weighted by atomic mass is 9.91. The van der Waals surface area contributed by atoms with E-state index in [-0.39, 0.29) is 11.5 Å². The number of carbonyl (C=O) groups excluding carboxylic acids is 2. The Hall–Kier alpha value is -2.81. The molecule has 1 fully saturated rings. The minimum Gasteiger partial charge on any atom is -0.366 e. The Kier molecular flexibility index (Phi) is 5.79. The van der Waals surface area contributed by atoms with E-state index in [0.29, 0.717) is 57.5 Å². The molecule has 7 heteroatoms. The number of halogens is 2. The van der Waals surface area contributed by atoms with Crippen LogP contribution in [0.25, 0.3) is 5.57 Å². The summed E-state index contributed by atoms with van der Waals surface area (Å²) in [5, 5.41) is 9.84. The van der Waals surface area contributed by atoms with Crippen molar-refractivity contribution in [1.82, 2.24) is 4.90 Å². The van der Waals surface area contributed by atoms with Gasteiger partial charge in [0.15, 0.2) is 0 Å². The van der Waals surface area contributed by atoms with Crippen LogP contribution in [0.4, 0.5) is 5.69 Å². The number of carbonyl (C=O) groups is 2. The van der Waals surface area contributed by atoms with E-state index in [0.717, 1.165) is 6.42 Å². The van der Waals surface area contributed by atoms with E-state index in [1.165, 1.54) is 4.90 Å². The van der Waals surface area contributed by atoms with Crippen molar-refractivity contribution in [3.05, 3.63) is 69.3 Å². The molecule has 0 aliphatic carbocycles. The zero-order valence-corrected chi connectivity index (χ0v) is 18.7. The minimum absolute atomic E-state index is 0.289. The Labute approximate surface area is 191 Å². The van der Waals surface area contributed by atoms with Crippen molar-refractivity contribution in [2.45, 2.75) is 20.3 Å². The number of nitriles is 1. The molecular formula is C24H21Cl2N3O2. The molecule has 2 aromatic carbocycles. The molecule has 5 nitrogen and oxygen atoms in total. The highest BCUT2D eigenvalue weighted by atomic mass is 35.5. The van der Waals surface area contributed by atoms with Crippen molar-refractivity contribution in [3.8, 4) is 6.07 Å². The molecule has 0 saturated carbocycles. The normalized spacial score (nSPS) is 21.6. The van der Waals surface area contributed by atoms with E-state index in [2.05, 4.69) is 13.8 Å². The van der Waals surface area contributed by atoms with E-state index >= 15 is 0 Å². The predicted octanol–water partition coefficient (Wildman–Crippen LogP) is 5.13. The zero-order valence-electron chi connectivity index (χ0n) is 17.2. The fourth-order valence-electron chi connectivity index (χ4n) is 4.51. The van der Waals surface area contributed by atoms with Crippen molar-refractivity contribution in [3.63, 3.8) is 0 Å². The van der Waals surface area contributed by atoms with Crippen LogP contribution in [-0.4, -0.2) is 29.8 Å². The largest absolute Gasteiger partial charge is 0.366 e. The van der Waals surface area contributed by atoms with Crippen LogP contribution in [0.15, 0.2) is 48.2 Å². The van der Waals surface area contributed by atoms with Gasteiger partial charge in [0.25, 0.3) is 11.8 Å². The lowest BCUT2D eigenvalue weighted by molar-refractivity contribution is -0.120. The molecule has 0 spiro atoms. The number of anilines is 1. The van der Waals surface area contributed by atoms with Crippen LogP contribution < -0.4 is 4.90 Å². The summed E-state index contributed by atoms with van der Waals surface area (Å²) in [4.78, 5) is 30.4. The number of nitrogens with zero attached hydrogens (tertiary/aromatic N) is 3. The van der Waals surface area contributed by atoms with E-state index in [4.69, 9.17) is 28.5 Å². The van der Waals surface area contributed by atoms with Gasteiger partial charge in [0, 0.05) is 23.7 Å². The Morgan fingerprint density at radius 1 is 0.968 bits per heavy atom. The summed E-state index contributed by atoms with van der Waals surface area (Å²) in [6, 6.07) is 13.4. The zero-order chi connectivity index (χ0) is 22.3. The Bertz CT molecular complexity index is 1120. The molecule has 2 aromatic rings. The number of rotatable bonds is 3. The fourth-order valence-corrected chi connectivity index (χ4v) is 5.01. The van der Waals surface area contributed by atoms with Gasteiger partial charge in [-0.1, -0.05) is 43.1 Å². The SMILES string of the molecule is CC1CC(C)CN(C2=C(c3ccc(Cl)cc3Cl)C(=O)N(c3ccc(C#N)cc3)C2=O)C1.